The van der Waals surface area contributed by atoms with E-state index in [0.717, 1.165) is 29.5 Å². The number of carbonyl (C=O) groups is 1. The lowest BCUT2D eigenvalue weighted by molar-refractivity contribution is 0.249. The number of aryl methyl sites for hydroxylation is 1. The van der Waals surface area contributed by atoms with Gasteiger partial charge >= 0.3 is 6.03 Å². The predicted octanol–water partition coefficient (Wildman–Crippen LogP) is 7.32. The maximum absolute atomic E-state index is 13.0. The fourth-order valence-corrected chi connectivity index (χ4v) is 5.45. The summed E-state index contributed by atoms with van der Waals surface area (Å²) in [5.74, 6) is 0.733. The number of nitrogens with one attached hydrogen (secondary N) is 2. The molecule has 7 heteroatoms. The summed E-state index contributed by atoms with van der Waals surface area (Å²) >= 11 is 6.36. The molecule has 0 aliphatic rings. The second-order valence-corrected chi connectivity index (χ2v) is 11.8. The molecular weight excluding hydrogens is 468 g/mol. The maximum Gasteiger partial charge on any atom is 0.319 e. The number of benzene rings is 2. The van der Waals surface area contributed by atoms with Crippen molar-refractivity contribution in [2.24, 2.45) is 11.8 Å². The second kappa shape index (κ2) is 12.4. The molecule has 0 radical (unpaired) electrons. The zero-order valence-corrected chi connectivity index (χ0v) is 22.6. The Morgan fingerprint density at radius 1 is 1.06 bits per heavy atom. The van der Waals surface area contributed by atoms with Crippen LogP contribution >= 0.6 is 11.6 Å². The monoisotopic (exact) mass is 504 g/mol. The fraction of sp³-hybridized carbons (Fsp3) is 0.444. The number of hydrogen-bond donors (Lipinski definition) is 2. The Labute approximate surface area is 209 Å². The largest absolute Gasteiger partial charge is 0.331 e. The van der Waals surface area contributed by atoms with Crippen LogP contribution < -0.4 is 10.6 Å². The van der Waals surface area contributed by atoms with Crippen molar-refractivity contribution in [3.8, 4) is 0 Å². The van der Waals surface area contributed by atoms with Gasteiger partial charge in [0.25, 0.3) is 0 Å². The lowest BCUT2D eigenvalue weighted by Gasteiger charge is -2.17. The Bertz CT molecular complexity index is 1110. The number of hydrogen-bond acceptors (Lipinski definition) is 3. The molecule has 186 valence electrons. The molecule has 0 aliphatic heterocycles. The van der Waals surface area contributed by atoms with E-state index in [1.165, 1.54) is 0 Å². The van der Waals surface area contributed by atoms with Gasteiger partial charge in [0.2, 0.25) is 0 Å². The summed E-state index contributed by atoms with van der Waals surface area (Å²) in [6.45, 7) is 12.2. The highest BCUT2D eigenvalue weighted by atomic mass is 35.5. The Kier molecular flexibility index (Phi) is 10.2. The summed E-state index contributed by atoms with van der Waals surface area (Å²) in [7, 11) is -3.48. The Hall–Kier alpha value is -2.31. The van der Waals surface area contributed by atoms with Gasteiger partial charge in [-0.25, -0.2) is 13.2 Å². The van der Waals surface area contributed by atoms with Crippen LogP contribution in [0.1, 0.15) is 64.6 Å². The quantitative estimate of drug-likeness (QED) is 0.333. The van der Waals surface area contributed by atoms with Gasteiger partial charge in [-0.05, 0) is 67.5 Å². The van der Waals surface area contributed by atoms with Crippen LogP contribution in [-0.4, -0.2) is 20.2 Å². The molecule has 0 fully saturated rings. The molecule has 2 amide bonds. The lowest BCUT2D eigenvalue weighted by atomic mass is 9.99. The lowest BCUT2D eigenvalue weighted by Crippen LogP contribution is -2.31. The normalized spacial score (nSPS) is 14.1. The van der Waals surface area contributed by atoms with Crippen LogP contribution in [0.5, 0.6) is 0 Å². The van der Waals surface area contributed by atoms with E-state index in [9.17, 15) is 13.2 Å². The van der Waals surface area contributed by atoms with Crippen LogP contribution in [0, 0.1) is 18.8 Å². The highest BCUT2D eigenvalue weighted by Crippen LogP contribution is 2.26. The first-order valence-electron chi connectivity index (χ1n) is 11.8. The third kappa shape index (κ3) is 8.17. The molecule has 0 aliphatic carbocycles. The van der Waals surface area contributed by atoms with E-state index in [-0.39, 0.29) is 16.7 Å². The van der Waals surface area contributed by atoms with Crippen molar-refractivity contribution >= 4 is 33.2 Å². The van der Waals surface area contributed by atoms with Crippen molar-refractivity contribution < 1.29 is 13.2 Å². The number of halogens is 1. The molecule has 0 saturated carbocycles. The summed E-state index contributed by atoms with van der Waals surface area (Å²) in [4.78, 5) is 12.7. The molecule has 34 heavy (non-hydrogen) atoms. The molecule has 0 saturated heterocycles. The van der Waals surface area contributed by atoms with Gasteiger partial charge in [-0.2, -0.15) is 0 Å². The topological polar surface area (TPSA) is 75.3 Å². The van der Waals surface area contributed by atoms with Crippen molar-refractivity contribution in [2.75, 3.05) is 11.1 Å². The molecule has 2 atom stereocenters. The molecule has 0 bridgehead atoms. The molecule has 2 aromatic carbocycles. The number of urea groups is 1. The zero-order chi connectivity index (χ0) is 25.5. The molecule has 5 nitrogen and oxygen atoms in total. The Balaban J connectivity index is 2.07. The molecule has 2 N–H and O–H groups in total. The second-order valence-electron chi connectivity index (χ2n) is 9.39. The minimum Gasteiger partial charge on any atom is -0.331 e. The van der Waals surface area contributed by atoms with Crippen molar-refractivity contribution in [1.82, 2.24) is 5.32 Å². The average Bonchev–Trinajstić information content (AvgIpc) is 2.74. The van der Waals surface area contributed by atoms with Crippen molar-refractivity contribution in [3.05, 3.63) is 70.3 Å². The molecular formula is C27H37ClN2O3S. The van der Waals surface area contributed by atoms with Crippen LogP contribution in [0.25, 0.3) is 0 Å². The van der Waals surface area contributed by atoms with Gasteiger partial charge in [0.15, 0.2) is 9.84 Å². The summed E-state index contributed by atoms with van der Waals surface area (Å²) in [6.07, 6.45) is 3.82. The smallest absolute Gasteiger partial charge is 0.319 e. The van der Waals surface area contributed by atoms with Gasteiger partial charge in [-0.15, -0.1) is 0 Å². The van der Waals surface area contributed by atoms with Crippen LogP contribution in [0.3, 0.4) is 0 Å². The maximum atomic E-state index is 13.0. The van der Waals surface area contributed by atoms with Crippen LogP contribution in [0.2, 0.25) is 5.02 Å². The highest BCUT2D eigenvalue weighted by Gasteiger charge is 2.19. The van der Waals surface area contributed by atoms with Gasteiger partial charge in [0.05, 0.1) is 16.7 Å². The highest BCUT2D eigenvalue weighted by molar-refractivity contribution is 7.91. The fourth-order valence-electron chi connectivity index (χ4n) is 3.74. The number of anilines is 1. The third-order valence-corrected chi connectivity index (χ3v) is 7.97. The Morgan fingerprint density at radius 3 is 2.29 bits per heavy atom. The molecule has 0 aromatic heterocycles. The molecule has 0 spiro atoms. The van der Waals surface area contributed by atoms with Crippen molar-refractivity contribution in [1.29, 1.82) is 0 Å². The number of rotatable bonds is 10. The van der Waals surface area contributed by atoms with Crippen LogP contribution in [0.15, 0.2) is 59.0 Å². The van der Waals surface area contributed by atoms with Crippen LogP contribution in [-0.2, 0) is 9.84 Å². The molecule has 2 aromatic rings. The van der Waals surface area contributed by atoms with E-state index in [1.807, 2.05) is 32.0 Å². The van der Waals surface area contributed by atoms with Crippen molar-refractivity contribution in [2.45, 2.75) is 65.3 Å². The SMILES string of the molecule is CCC(C)/C=C(\CC(C)C)CS(=O)(=O)c1ccc(NC(=O)NC(C)c2cccc(C)c2Cl)cc1. The van der Waals surface area contributed by atoms with Crippen LogP contribution in [0.4, 0.5) is 10.5 Å². The third-order valence-electron chi connectivity index (χ3n) is 5.72. The first kappa shape index (κ1) is 27.9. The number of amides is 2. The summed E-state index contributed by atoms with van der Waals surface area (Å²) in [5, 5.41) is 6.25. The van der Waals surface area contributed by atoms with E-state index in [1.54, 1.807) is 24.3 Å². The van der Waals surface area contributed by atoms with Gasteiger partial charge < -0.3 is 10.6 Å². The van der Waals surface area contributed by atoms with Gasteiger partial charge in [0.1, 0.15) is 0 Å². The van der Waals surface area contributed by atoms with Gasteiger partial charge in [0, 0.05) is 10.7 Å². The van der Waals surface area contributed by atoms with E-state index in [0.29, 0.717) is 22.5 Å². The van der Waals surface area contributed by atoms with E-state index in [2.05, 4.69) is 44.4 Å². The minimum absolute atomic E-state index is 0.0115. The van der Waals surface area contributed by atoms with E-state index < -0.39 is 15.9 Å². The zero-order valence-electron chi connectivity index (χ0n) is 21.0. The Morgan fingerprint density at radius 2 is 1.71 bits per heavy atom. The number of carbonyl (C=O) groups excluding carboxylic acids is 1. The number of sulfone groups is 1. The summed E-state index contributed by atoms with van der Waals surface area (Å²) in [6, 6.07) is 11.3. The molecule has 2 rings (SSSR count). The average molecular weight is 505 g/mol. The summed E-state index contributed by atoms with van der Waals surface area (Å²) in [5.41, 5.74) is 3.24. The molecule has 0 heterocycles. The molecule has 2 unspecified atom stereocenters. The number of allylic oxidation sites excluding steroid dienone is 1. The van der Waals surface area contributed by atoms with E-state index in [4.69, 9.17) is 11.6 Å². The first-order chi connectivity index (χ1) is 15.9. The minimum atomic E-state index is -3.48. The standard InChI is InChI=1S/C27H37ClN2O3S/c1-7-19(4)16-22(15-18(2)3)17-34(32,33)24-13-11-23(12-14-24)30-27(31)29-21(6)25-10-8-9-20(5)26(25)28/h8-14,16,18-19,21H,7,15,17H2,1-6H3,(H2,29,30,31)/b22-16+. The van der Waals surface area contributed by atoms with Crippen molar-refractivity contribution in [3.63, 3.8) is 0 Å². The first-order valence-corrected chi connectivity index (χ1v) is 13.8. The predicted molar refractivity (Wildman–Crippen MR) is 142 cm³/mol. The van der Waals surface area contributed by atoms with Gasteiger partial charge in [-0.1, -0.05) is 75.6 Å². The summed E-state index contributed by atoms with van der Waals surface area (Å²) < 4.78 is 26.1. The van der Waals surface area contributed by atoms with Gasteiger partial charge in [-0.3, -0.25) is 0 Å². The van der Waals surface area contributed by atoms with E-state index >= 15 is 0 Å².